The fourth-order valence-electron chi connectivity index (χ4n) is 2.69. The van der Waals surface area contributed by atoms with E-state index in [1.54, 1.807) is 29.6 Å². The molecule has 1 aromatic carbocycles. The van der Waals surface area contributed by atoms with Gasteiger partial charge in [-0.15, -0.1) is 0 Å². The lowest BCUT2D eigenvalue weighted by Gasteiger charge is -2.14. The number of halogens is 3. The Balaban J connectivity index is 1.94. The van der Waals surface area contributed by atoms with Crippen molar-refractivity contribution < 1.29 is 28.2 Å². The van der Waals surface area contributed by atoms with Crippen LogP contribution in [0.5, 0.6) is 0 Å². The summed E-state index contributed by atoms with van der Waals surface area (Å²) in [4.78, 5) is 10.7. The molecule has 7 heteroatoms. The van der Waals surface area contributed by atoms with Gasteiger partial charge in [0, 0.05) is 12.1 Å². The number of rotatable bonds is 4. The van der Waals surface area contributed by atoms with Crippen molar-refractivity contribution in [3.8, 4) is 11.8 Å². The number of benzene rings is 1. The molecule has 1 aromatic rings. The van der Waals surface area contributed by atoms with Gasteiger partial charge in [-0.1, -0.05) is 24.0 Å². The van der Waals surface area contributed by atoms with Gasteiger partial charge >= 0.3 is 12.1 Å². The first-order valence-corrected chi connectivity index (χ1v) is 8.08. The molecule has 0 saturated heterocycles. The number of aliphatic hydroxyl groups excluding tert-OH is 1. The van der Waals surface area contributed by atoms with Gasteiger partial charge in [0.1, 0.15) is 5.60 Å². The largest absolute Gasteiger partial charge is 0.471 e. The molecule has 4 nitrogen and oxygen atoms in total. The molecule has 0 spiro atoms. The molecule has 0 aromatic heterocycles. The summed E-state index contributed by atoms with van der Waals surface area (Å²) < 4.78 is 36.2. The maximum absolute atomic E-state index is 12.1. The summed E-state index contributed by atoms with van der Waals surface area (Å²) in [5.41, 5.74) is 0.138. The average Bonchev–Trinajstić information content (AvgIpc) is 2.99. The number of aliphatic hydroxyl groups is 2. The highest BCUT2D eigenvalue weighted by Gasteiger charge is 2.38. The number of carbonyl (C=O) groups excluding carboxylic acids is 1. The Morgan fingerprint density at radius 2 is 2.00 bits per heavy atom. The van der Waals surface area contributed by atoms with Gasteiger partial charge in [-0.2, -0.15) is 13.2 Å². The summed E-state index contributed by atoms with van der Waals surface area (Å²) in [5.74, 6) is 3.72. The smallest absolute Gasteiger partial charge is 0.388 e. The molecular weight excluding hydrogens is 335 g/mol. The van der Waals surface area contributed by atoms with Crippen molar-refractivity contribution >= 4 is 5.91 Å². The van der Waals surface area contributed by atoms with Gasteiger partial charge in [-0.05, 0) is 49.8 Å². The second-order valence-electron chi connectivity index (χ2n) is 6.17. The van der Waals surface area contributed by atoms with Crippen LogP contribution in [0.4, 0.5) is 13.2 Å². The van der Waals surface area contributed by atoms with Crippen LogP contribution in [0.1, 0.15) is 49.3 Å². The Morgan fingerprint density at radius 3 is 2.64 bits per heavy atom. The minimum absolute atomic E-state index is 0.0529. The molecule has 3 N–H and O–H groups in total. The van der Waals surface area contributed by atoms with E-state index in [1.165, 1.54) is 0 Å². The van der Waals surface area contributed by atoms with Crippen LogP contribution in [-0.4, -0.2) is 34.4 Å². The van der Waals surface area contributed by atoms with Crippen molar-refractivity contribution in [2.45, 2.75) is 50.0 Å². The Morgan fingerprint density at radius 1 is 1.32 bits per heavy atom. The zero-order chi connectivity index (χ0) is 18.5. The number of alkyl halides is 3. The maximum Gasteiger partial charge on any atom is 0.471 e. The van der Waals surface area contributed by atoms with Crippen LogP contribution in [0.2, 0.25) is 0 Å². The molecule has 2 rings (SSSR count). The number of hydrogen-bond acceptors (Lipinski definition) is 3. The summed E-state index contributed by atoms with van der Waals surface area (Å²) in [6.07, 6.45) is -2.85. The highest BCUT2D eigenvalue weighted by molar-refractivity contribution is 5.81. The predicted molar refractivity (Wildman–Crippen MR) is 85.4 cm³/mol. The quantitative estimate of drug-likeness (QED) is 0.727. The minimum Gasteiger partial charge on any atom is -0.388 e. The third kappa shape index (κ3) is 5.76. The molecule has 1 saturated carbocycles. The average molecular weight is 355 g/mol. The summed E-state index contributed by atoms with van der Waals surface area (Å²) in [7, 11) is 0. The van der Waals surface area contributed by atoms with E-state index in [4.69, 9.17) is 0 Å². The van der Waals surface area contributed by atoms with E-state index in [1.807, 2.05) is 0 Å². The lowest BCUT2D eigenvalue weighted by atomic mass is 10.0. The third-order valence-electron chi connectivity index (χ3n) is 4.10. The molecular formula is C18H20F3NO3. The third-order valence-corrected chi connectivity index (χ3v) is 4.10. The summed E-state index contributed by atoms with van der Waals surface area (Å²) in [6.45, 7) is -0.296. The molecule has 0 heterocycles. The van der Waals surface area contributed by atoms with Crippen LogP contribution in [-0.2, 0) is 4.79 Å². The van der Waals surface area contributed by atoms with Crippen LogP contribution in [0.25, 0.3) is 0 Å². The lowest BCUT2D eigenvalue weighted by Crippen LogP contribution is -2.37. The van der Waals surface area contributed by atoms with Crippen molar-refractivity contribution in [1.82, 2.24) is 5.32 Å². The fourth-order valence-corrected chi connectivity index (χ4v) is 2.69. The van der Waals surface area contributed by atoms with Gasteiger partial charge in [-0.3, -0.25) is 4.79 Å². The SMILES string of the molecule is O=C(NCCC(O)c1cccc(C#CC2(O)CCCC2)c1)C(F)(F)F. The second kappa shape index (κ2) is 7.89. The first-order valence-electron chi connectivity index (χ1n) is 8.08. The van der Waals surface area contributed by atoms with Crippen LogP contribution < -0.4 is 5.32 Å². The molecule has 136 valence electrons. The molecule has 25 heavy (non-hydrogen) atoms. The monoisotopic (exact) mass is 355 g/mol. The summed E-state index contributed by atoms with van der Waals surface area (Å²) >= 11 is 0. The first-order chi connectivity index (χ1) is 11.7. The number of amides is 1. The van der Waals surface area contributed by atoms with Crippen molar-refractivity contribution in [2.75, 3.05) is 6.54 Å². The van der Waals surface area contributed by atoms with Gasteiger partial charge in [-0.25, -0.2) is 0 Å². The van der Waals surface area contributed by atoms with Crippen molar-refractivity contribution in [3.63, 3.8) is 0 Å². The van der Waals surface area contributed by atoms with Crippen molar-refractivity contribution in [3.05, 3.63) is 35.4 Å². The Labute approximate surface area is 144 Å². The number of carbonyl (C=O) groups is 1. The van der Waals surface area contributed by atoms with E-state index in [-0.39, 0.29) is 13.0 Å². The van der Waals surface area contributed by atoms with E-state index in [2.05, 4.69) is 11.8 Å². The first kappa shape index (κ1) is 19.3. The lowest BCUT2D eigenvalue weighted by molar-refractivity contribution is -0.173. The zero-order valence-corrected chi connectivity index (χ0v) is 13.6. The topological polar surface area (TPSA) is 69.6 Å². The molecule has 1 fully saturated rings. The molecule has 0 aliphatic heterocycles. The molecule has 0 radical (unpaired) electrons. The van der Waals surface area contributed by atoms with Gasteiger partial charge < -0.3 is 15.5 Å². The molecule has 1 aliphatic carbocycles. The summed E-state index contributed by atoms with van der Waals surface area (Å²) in [5, 5.41) is 22.0. The second-order valence-corrected chi connectivity index (χ2v) is 6.17. The minimum atomic E-state index is -4.93. The van der Waals surface area contributed by atoms with Crippen molar-refractivity contribution in [1.29, 1.82) is 0 Å². The van der Waals surface area contributed by atoms with Crippen LogP contribution >= 0.6 is 0 Å². The standard InChI is InChI=1S/C18H20F3NO3/c19-18(20,21)16(24)22-11-7-15(23)14-5-3-4-13(12-14)6-10-17(25)8-1-2-9-17/h3-5,12,15,23,25H,1-2,7-9,11H2,(H,22,24). The molecule has 0 bridgehead atoms. The highest BCUT2D eigenvalue weighted by atomic mass is 19.4. The molecule has 1 aliphatic rings. The highest BCUT2D eigenvalue weighted by Crippen LogP contribution is 2.28. The molecule has 1 amide bonds. The Kier molecular flexibility index (Phi) is 6.09. The van der Waals surface area contributed by atoms with Gasteiger partial charge in [0.05, 0.1) is 6.10 Å². The molecule has 1 unspecified atom stereocenters. The van der Waals surface area contributed by atoms with E-state index in [9.17, 15) is 28.2 Å². The van der Waals surface area contributed by atoms with Gasteiger partial charge in [0.15, 0.2) is 0 Å². The van der Waals surface area contributed by atoms with Crippen LogP contribution in [0, 0.1) is 11.8 Å². The van der Waals surface area contributed by atoms with E-state index >= 15 is 0 Å². The number of nitrogens with one attached hydrogen (secondary N) is 1. The van der Waals surface area contributed by atoms with E-state index < -0.39 is 23.8 Å². The Bertz CT molecular complexity index is 670. The maximum atomic E-state index is 12.1. The van der Waals surface area contributed by atoms with Crippen LogP contribution in [0.15, 0.2) is 24.3 Å². The van der Waals surface area contributed by atoms with Crippen LogP contribution in [0.3, 0.4) is 0 Å². The summed E-state index contributed by atoms with van der Waals surface area (Å²) in [6, 6.07) is 6.66. The van der Waals surface area contributed by atoms with E-state index in [0.29, 0.717) is 24.0 Å². The van der Waals surface area contributed by atoms with Gasteiger partial charge in [0.25, 0.3) is 0 Å². The molecule has 1 atom stereocenters. The Hall–Kier alpha value is -2.04. The van der Waals surface area contributed by atoms with Crippen molar-refractivity contribution in [2.24, 2.45) is 0 Å². The normalized spacial score (nSPS) is 17.5. The van der Waals surface area contributed by atoms with Gasteiger partial charge in [0.2, 0.25) is 0 Å². The zero-order valence-electron chi connectivity index (χ0n) is 13.6. The fraction of sp³-hybridized carbons (Fsp3) is 0.500. The predicted octanol–water partition coefficient (Wildman–Crippen LogP) is 2.45. The van der Waals surface area contributed by atoms with E-state index in [0.717, 1.165) is 12.8 Å². The number of hydrogen-bond donors (Lipinski definition) is 3.